The molecule has 3 aromatic heterocycles. The quantitative estimate of drug-likeness (QED) is 0.397. The van der Waals surface area contributed by atoms with Crippen molar-refractivity contribution in [3.8, 4) is 11.1 Å². The molecule has 0 bridgehead atoms. The van der Waals surface area contributed by atoms with E-state index in [2.05, 4.69) is 33.4 Å². The van der Waals surface area contributed by atoms with Crippen molar-refractivity contribution in [2.45, 2.75) is 20.4 Å². The summed E-state index contributed by atoms with van der Waals surface area (Å²) in [7, 11) is 1.78. The van der Waals surface area contributed by atoms with E-state index < -0.39 is 0 Å². The van der Waals surface area contributed by atoms with Gasteiger partial charge in [0.15, 0.2) is 5.65 Å². The lowest BCUT2D eigenvalue weighted by atomic mass is 9.97. The Kier molecular flexibility index (Phi) is 5.09. The maximum absolute atomic E-state index is 13.9. The highest BCUT2D eigenvalue weighted by Gasteiger charge is 2.25. The molecule has 5 rings (SSSR count). The Bertz CT molecular complexity index is 1490. The highest BCUT2D eigenvalue weighted by atomic mass is 19.1. The predicted molar refractivity (Wildman–Crippen MR) is 125 cm³/mol. The zero-order chi connectivity index (χ0) is 23.1. The number of amides is 1. The topological polar surface area (TPSA) is 63.4 Å². The van der Waals surface area contributed by atoms with Crippen LogP contribution in [0, 0.1) is 19.7 Å². The molecule has 0 spiro atoms. The molecule has 1 amide bonds. The number of aryl methyl sites for hydroxylation is 2. The number of carbonyl (C=O) groups excluding carboxylic acids is 1. The van der Waals surface area contributed by atoms with Gasteiger partial charge in [-0.3, -0.25) is 14.2 Å². The summed E-state index contributed by atoms with van der Waals surface area (Å²) in [5.41, 5.74) is 6.27. The number of halogens is 1. The van der Waals surface area contributed by atoms with Crippen molar-refractivity contribution in [3.05, 3.63) is 95.3 Å². The lowest BCUT2D eigenvalue weighted by Crippen LogP contribution is -2.29. The summed E-state index contributed by atoms with van der Waals surface area (Å²) in [6.45, 7) is 4.53. The Balaban J connectivity index is 1.72. The van der Waals surface area contributed by atoms with Crippen LogP contribution in [0.25, 0.3) is 27.7 Å². The van der Waals surface area contributed by atoms with Gasteiger partial charge in [0.25, 0.3) is 5.91 Å². The van der Waals surface area contributed by atoms with E-state index in [0.717, 1.165) is 22.1 Å². The van der Waals surface area contributed by atoms with Crippen LogP contribution in [0.1, 0.15) is 27.2 Å². The summed E-state index contributed by atoms with van der Waals surface area (Å²) >= 11 is 0. The van der Waals surface area contributed by atoms with E-state index in [9.17, 15) is 9.18 Å². The largest absolute Gasteiger partial charge is 0.336 e. The lowest BCUT2D eigenvalue weighted by Gasteiger charge is -2.22. The fourth-order valence-corrected chi connectivity index (χ4v) is 4.40. The third kappa shape index (κ3) is 3.71. The van der Waals surface area contributed by atoms with Crippen LogP contribution in [-0.4, -0.2) is 37.4 Å². The number of benzene rings is 2. The molecule has 0 aliphatic carbocycles. The number of fused-ring (bicyclic) bond motifs is 3. The molecule has 5 aromatic rings. The molecule has 0 fully saturated rings. The van der Waals surface area contributed by atoms with Crippen molar-refractivity contribution < 1.29 is 9.18 Å². The molecule has 0 aliphatic rings. The first-order valence-electron chi connectivity index (χ1n) is 10.6. The molecule has 0 radical (unpaired) electrons. The Morgan fingerprint density at radius 3 is 2.52 bits per heavy atom. The van der Waals surface area contributed by atoms with Crippen LogP contribution in [0.5, 0.6) is 0 Å². The smallest absolute Gasteiger partial charge is 0.271 e. The number of hydrogen-bond acceptors (Lipinski definition) is 4. The Hall–Kier alpha value is -4.13. The number of carbonyl (C=O) groups is 1. The molecule has 33 heavy (non-hydrogen) atoms. The van der Waals surface area contributed by atoms with Gasteiger partial charge >= 0.3 is 0 Å². The van der Waals surface area contributed by atoms with Gasteiger partial charge in [-0.25, -0.2) is 4.39 Å². The summed E-state index contributed by atoms with van der Waals surface area (Å²) < 4.78 is 15.4. The van der Waals surface area contributed by atoms with Crippen LogP contribution in [0.4, 0.5) is 4.39 Å². The molecule has 164 valence electrons. The number of aromatic nitrogens is 4. The predicted octanol–water partition coefficient (Wildman–Crippen LogP) is 4.97. The Labute approximate surface area is 190 Å². The van der Waals surface area contributed by atoms with Gasteiger partial charge in [0.1, 0.15) is 23.4 Å². The van der Waals surface area contributed by atoms with E-state index in [1.54, 1.807) is 34.7 Å². The van der Waals surface area contributed by atoms with Gasteiger partial charge in [-0.2, -0.15) is 0 Å². The maximum atomic E-state index is 13.9. The second-order valence-corrected chi connectivity index (χ2v) is 8.31. The lowest BCUT2D eigenvalue weighted by molar-refractivity contribution is 0.0778. The van der Waals surface area contributed by atoms with Crippen molar-refractivity contribution >= 4 is 22.5 Å². The van der Waals surface area contributed by atoms with Crippen LogP contribution in [-0.2, 0) is 6.54 Å². The second-order valence-electron chi connectivity index (χ2n) is 8.31. The van der Waals surface area contributed by atoms with Gasteiger partial charge in [-0.15, -0.1) is 10.2 Å². The molecule has 0 N–H and O–H groups in total. The minimum Gasteiger partial charge on any atom is -0.336 e. The van der Waals surface area contributed by atoms with E-state index in [1.165, 1.54) is 18.5 Å². The molecule has 7 heteroatoms. The van der Waals surface area contributed by atoms with Crippen molar-refractivity contribution in [3.63, 3.8) is 0 Å². The summed E-state index contributed by atoms with van der Waals surface area (Å²) in [6.07, 6.45) is 3.20. The summed E-state index contributed by atoms with van der Waals surface area (Å²) in [5, 5.41) is 9.03. The number of hydrogen-bond donors (Lipinski definition) is 0. The first-order valence-corrected chi connectivity index (χ1v) is 10.6. The summed E-state index contributed by atoms with van der Waals surface area (Å²) in [4.78, 5) is 20.1. The number of pyridine rings is 2. The molecular weight excluding hydrogens is 417 g/mol. The zero-order valence-corrected chi connectivity index (χ0v) is 18.6. The van der Waals surface area contributed by atoms with Crippen LogP contribution in [0.2, 0.25) is 0 Å². The van der Waals surface area contributed by atoms with Gasteiger partial charge in [-0.05, 0) is 43.2 Å². The van der Waals surface area contributed by atoms with Crippen molar-refractivity contribution in [2.75, 3.05) is 7.05 Å². The van der Waals surface area contributed by atoms with Gasteiger partial charge < -0.3 is 4.90 Å². The third-order valence-corrected chi connectivity index (χ3v) is 5.70. The first kappa shape index (κ1) is 20.8. The molecule has 0 saturated heterocycles. The maximum Gasteiger partial charge on any atom is 0.271 e. The van der Waals surface area contributed by atoms with Gasteiger partial charge in [0, 0.05) is 30.7 Å². The Morgan fingerprint density at radius 2 is 1.79 bits per heavy atom. The molecule has 0 saturated carbocycles. The fourth-order valence-electron chi connectivity index (χ4n) is 4.40. The van der Waals surface area contributed by atoms with Crippen molar-refractivity contribution in [1.29, 1.82) is 0 Å². The molecule has 3 heterocycles. The average molecular weight is 439 g/mol. The van der Waals surface area contributed by atoms with E-state index >= 15 is 0 Å². The molecule has 0 aliphatic heterocycles. The first-order chi connectivity index (χ1) is 15.9. The van der Waals surface area contributed by atoms with Gasteiger partial charge in [0.2, 0.25) is 0 Å². The highest BCUT2D eigenvalue weighted by Crippen LogP contribution is 2.34. The fraction of sp³-hybridized carbons (Fsp3) is 0.154. The van der Waals surface area contributed by atoms with E-state index in [-0.39, 0.29) is 11.7 Å². The van der Waals surface area contributed by atoms with E-state index in [0.29, 0.717) is 34.5 Å². The molecule has 0 atom stereocenters. The van der Waals surface area contributed by atoms with Crippen LogP contribution in [0.3, 0.4) is 0 Å². The van der Waals surface area contributed by atoms with Crippen LogP contribution in [0.15, 0.2) is 67.1 Å². The van der Waals surface area contributed by atoms with Crippen molar-refractivity contribution in [1.82, 2.24) is 24.5 Å². The normalized spacial score (nSPS) is 11.3. The highest BCUT2D eigenvalue weighted by molar-refractivity contribution is 6.11. The molecule has 2 aromatic carbocycles. The monoisotopic (exact) mass is 439 g/mol. The standard InChI is InChI=1S/C26H22FN5O/c1-16-11-17(2)13-18(12-16)14-31(3)26(33)24-22(19-6-8-20(27)9-7-19)21-5-4-10-28-23(21)25-30-29-15-32(24)25/h4-13,15H,14H2,1-3H3. The van der Waals surface area contributed by atoms with Gasteiger partial charge in [-0.1, -0.05) is 47.5 Å². The average Bonchev–Trinajstić information content (AvgIpc) is 3.27. The molecular formula is C26H22FN5O. The third-order valence-electron chi connectivity index (χ3n) is 5.70. The minimum atomic E-state index is -0.341. The number of rotatable bonds is 4. The second kappa shape index (κ2) is 8.09. The molecule has 0 unspecified atom stereocenters. The Morgan fingerprint density at radius 1 is 1.06 bits per heavy atom. The van der Waals surface area contributed by atoms with Crippen LogP contribution >= 0.6 is 0 Å². The van der Waals surface area contributed by atoms with Gasteiger partial charge in [0.05, 0.1) is 0 Å². The summed E-state index contributed by atoms with van der Waals surface area (Å²) in [6, 6.07) is 16.1. The number of nitrogens with zero attached hydrogens (tertiary/aromatic N) is 5. The van der Waals surface area contributed by atoms with E-state index in [4.69, 9.17) is 0 Å². The van der Waals surface area contributed by atoms with Crippen molar-refractivity contribution in [2.24, 2.45) is 0 Å². The molecule has 6 nitrogen and oxygen atoms in total. The zero-order valence-electron chi connectivity index (χ0n) is 18.6. The SMILES string of the molecule is Cc1cc(C)cc(CN(C)C(=O)c2c(-c3ccc(F)cc3)c3cccnc3c3nncn23)c1. The van der Waals surface area contributed by atoms with E-state index in [1.807, 2.05) is 26.0 Å². The van der Waals surface area contributed by atoms with Crippen LogP contribution < -0.4 is 0 Å². The summed E-state index contributed by atoms with van der Waals surface area (Å²) in [5.74, 6) is -0.532. The minimum absolute atomic E-state index is 0.191.